The van der Waals surface area contributed by atoms with Gasteiger partial charge in [-0.1, -0.05) is 0 Å². The van der Waals surface area contributed by atoms with E-state index in [4.69, 9.17) is 10.5 Å². The highest BCUT2D eigenvalue weighted by Crippen LogP contribution is 2.27. The zero-order chi connectivity index (χ0) is 10.8. The van der Waals surface area contributed by atoms with Crippen molar-refractivity contribution in [2.24, 2.45) is 5.73 Å². The van der Waals surface area contributed by atoms with Crippen molar-refractivity contribution in [3.63, 3.8) is 0 Å². The summed E-state index contributed by atoms with van der Waals surface area (Å²) < 4.78 is 5.29. The molecule has 1 aromatic rings. The van der Waals surface area contributed by atoms with Gasteiger partial charge in [0, 0.05) is 12.7 Å². The average molecular weight is 209 g/mol. The van der Waals surface area contributed by atoms with Crippen molar-refractivity contribution in [3.8, 4) is 5.75 Å². The minimum absolute atomic E-state index is 0.0340. The Balaban J connectivity index is 2.26. The van der Waals surface area contributed by atoms with Gasteiger partial charge in [-0.05, 0) is 12.1 Å². The summed E-state index contributed by atoms with van der Waals surface area (Å²) in [5.74, 6) is 0.372. The Hall–Kier alpha value is -1.66. The number of aliphatic hydroxyl groups excluding tert-OH is 1. The van der Waals surface area contributed by atoms with Crippen LogP contribution in [-0.2, 0) is 4.79 Å². The van der Waals surface area contributed by atoms with E-state index < -0.39 is 18.1 Å². The van der Waals surface area contributed by atoms with Crippen LogP contribution in [0, 0.1) is 0 Å². The average Bonchev–Trinajstić information content (AvgIpc) is 2.27. The number of amides is 1. The molecule has 6 heteroatoms. The zero-order valence-electron chi connectivity index (χ0n) is 7.88. The number of aliphatic hydroxyl groups is 1. The lowest BCUT2D eigenvalue weighted by atomic mass is 10.1. The molecule has 0 aliphatic carbocycles. The number of nitrogens with one attached hydrogen (secondary N) is 1. The number of carbonyl (C=O) groups is 1. The van der Waals surface area contributed by atoms with Crippen LogP contribution in [0.2, 0.25) is 0 Å². The van der Waals surface area contributed by atoms with Crippen LogP contribution in [0.5, 0.6) is 5.75 Å². The third-order valence-corrected chi connectivity index (χ3v) is 2.12. The number of pyridine rings is 1. The van der Waals surface area contributed by atoms with E-state index in [1.807, 2.05) is 0 Å². The van der Waals surface area contributed by atoms with E-state index in [1.54, 1.807) is 18.3 Å². The summed E-state index contributed by atoms with van der Waals surface area (Å²) in [4.78, 5) is 15.4. The maximum absolute atomic E-state index is 11.5. The van der Waals surface area contributed by atoms with Crippen molar-refractivity contribution in [1.29, 1.82) is 0 Å². The lowest BCUT2D eigenvalue weighted by Gasteiger charge is -2.27. The van der Waals surface area contributed by atoms with Gasteiger partial charge in [0.1, 0.15) is 6.10 Å². The lowest BCUT2D eigenvalue weighted by molar-refractivity contribution is -0.128. The van der Waals surface area contributed by atoms with Gasteiger partial charge in [0.25, 0.3) is 5.91 Å². The molecular formula is C9H11N3O3. The molecule has 4 N–H and O–H groups in total. The van der Waals surface area contributed by atoms with E-state index in [1.165, 1.54) is 0 Å². The number of hydrogen-bond acceptors (Lipinski definition) is 5. The van der Waals surface area contributed by atoms with Crippen LogP contribution in [0.15, 0.2) is 18.3 Å². The second kappa shape index (κ2) is 3.84. The van der Waals surface area contributed by atoms with Gasteiger partial charge in [0.2, 0.25) is 6.10 Å². The van der Waals surface area contributed by atoms with Gasteiger partial charge in [0.05, 0.1) is 0 Å². The molecule has 2 rings (SSSR count). The van der Waals surface area contributed by atoms with Crippen molar-refractivity contribution in [1.82, 2.24) is 4.98 Å². The summed E-state index contributed by atoms with van der Waals surface area (Å²) in [6, 6.07) is 3.35. The first-order valence-electron chi connectivity index (χ1n) is 4.53. The highest BCUT2D eigenvalue weighted by atomic mass is 16.5. The Bertz CT molecular complexity index is 383. The number of fused-ring (bicyclic) bond motifs is 1. The highest BCUT2D eigenvalue weighted by Gasteiger charge is 2.33. The largest absolute Gasteiger partial charge is 0.474 e. The van der Waals surface area contributed by atoms with Crippen LogP contribution in [-0.4, -0.2) is 34.8 Å². The van der Waals surface area contributed by atoms with Crippen molar-refractivity contribution >= 4 is 11.7 Å². The molecule has 0 radical (unpaired) electrons. The first-order chi connectivity index (χ1) is 7.22. The highest BCUT2D eigenvalue weighted by molar-refractivity contribution is 5.97. The number of nitrogens with two attached hydrogens (primary N) is 1. The van der Waals surface area contributed by atoms with Gasteiger partial charge in [-0.3, -0.25) is 4.79 Å². The van der Waals surface area contributed by atoms with E-state index in [-0.39, 0.29) is 6.54 Å². The van der Waals surface area contributed by atoms with Crippen LogP contribution in [0.25, 0.3) is 0 Å². The minimum Gasteiger partial charge on any atom is -0.474 e. The lowest BCUT2D eigenvalue weighted by Crippen LogP contribution is -2.48. The molecule has 1 amide bonds. The fourth-order valence-electron chi connectivity index (χ4n) is 1.33. The fraction of sp³-hybridized carbons (Fsp3) is 0.333. The van der Waals surface area contributed by atoms with Crippen molar-refractivity contribution < 1.29 is 14.6 Å². The Labute approximate surface area is 86.1 Å². The maximum Gasteiger partial charge on any atom is 0.269 e. The molecule has 0 fully saturated rings. The molecule has 2 unspecified atom stereocenters. The van der Waals surface area contributed by atoms with Crippen LogP contribution < -0.4 is 15.8 Å². The normalized spacial score (nSPS) is 21.2. The summed E-state index contributed by atoms with van der Waals surface area (Å²) in [6.45, 7) is -0.0340. The minimum atomic E-state index is -1.02. The number of aromatic nitrogens is 1. The molecule has 0 aromatic carbocycles. The first kappa shape index (κ1) is 9.88. The van der Waals surface area contributed by atoms with Crippen molar-refractivity contribution in [3.05, 3.63) is 18.3 Å². The summed E-state index contributed by atoms with van der Waals surface area (Å²) in [5, 5.41) is 12.0. The van der Waals surface area contributed by atoms with Crippen LogP contribution >= 0.6 is 0 Å². The van der Waals surface area contributed by atoms with Crippen LogP contribution in [0.3, 0.4) is 0 Å². The van der Waals surface area contributed by atoms with E-state index >= 15 is 0 Å². The Morgan fingerprint density at radius 3 is 3.27 bits per heavy atom. The topological polar surface area (TPSA) is 97.5 Å². The molecule has 15 heavy (non-hydrogen) atoms. The molecule has 80 valence electrons. The van der Waals surface area contributed by atoms with E-state index in [2.05, 4.69) is 10.3 Å². The predicted molar refractivity (Wildman–Crippen MR) is 52.3 cm³/mol. The number of ether oxygens (including phenoxy) is 1. The van der Waals surface area contributed by atoms with Gasteiger partial charge in [-0.2, -0.15) is 0 Å². The molecule has 0 saturated carbocycles. The standard InChI is InChI=1S/C9H11N3O3/c10-4-5(13)7-9(14)12-8-6(15-7)2-1-3-11-8/h1-3,5,7,13H,4,10H2,(H,11,12,14). The number of carbonyl (C=O) groups excluding carboxylic acids is 1. The van der Waals surface area contributed by atoms with Gasteiger partial charge in [0.15, 0.2) is 11.6 Å². The van der Waals surface area contributed by atoms with E-state index in [0.717, 1.165) is 0 Å². The molecule has 1 aliphatic rings. The first-order valence-corrected chi connectivity index (χ1v) is 4.53. The summed E-state index contributed by atoms with van der Waals surface area (Å²) in [5.41, 5.74) is 5.26. The van der Waals surface area contributed by atoms with Crippen molar-refractivity contribution in [2.45, 2.75) is 12.2 Å². The third-order valence-electron chi connectivity index (χ3n) is 2.12. The SMILES string of the molecule is NCC(O)C1Oc2cccnc2NC1=O. The second-order valence-electron chi connectivity index (χ2n) is 3.18. The number of rotatable bonds is 2. The Morgan fingerprint density at radius 2 is 2.53 bits per heavy atom. The third kappa shape index (κ3) is 1.77. The molecule has 0 bridgehead atoms. The smallest absolute Gasteiger partial charge is 0.269 e. The van der Waals surface area contributed by atoms with Gasteiger partial charge in [-0.25, -0.2) is 4.98 Å². The quantitative estimate of drug-likeness (QED) is 0.586. The summed E-state index contributed by atoms with van der Waals surface area (Å²) in [7, 11) is 0. The number of nitrogens with zero attached hydrogens (tertiary/aromatic N) is 1. The number of hydrogen-bond donors (Lipinski definition) is 3. The molecule has 0 saturated heterocycles. The monoisotopic (exact) mass is 209 g/mol. The van der Waals surface area contributed by atoms with Crippen LogP contribution in [0.1, 0.15) is 0 Å². The molecule has 1 aliphatic heterocycles. The Morgan fingerprint density at radius 1 is 1.73 bits per heavy atom. The molecule has 6 nitrogen and oxygen atoms in total. The van der Waals surface area contributed by atoms with Crippen molar-refractivity contribution in [2.75, 3.05) is 11.9 Å². The molecular weight excluding hydrogens is 198 g/mol. The van der Waals surface area contributed by atoms with Gasteiger partial charge < -0.3 is 20.9 Å². The van der Waals surface area contributed by atoms with Gasteiger partial charge in [-0.15, -0.1) is 0 Å². The number of anilines is 1. The summed E-state index contributed by atoms with van der Waals surface area (Å²) >= 11 is 0. The fourth-order valence-corrected chi connectivity index (χ4v) is 1.33. The predicted octanol–water partition coefficient (Wildman–Crippen LogP) is -0.899. The van der Waals surface area contributed by atoms with Gasteiger partial charge >= 0.3 is 0 Å². The van der Waals surface area contributed by atoms with E-state index in [0.29, 0.717) is 11.6 Å². The Kier molecular flexibility index (Phi) is 2.53. The maximum atomic E-state index is 11.5. The molecule has 2 heterocycles. The molecule has 1 aromatic heterocycles. The summed E-state index contributed by atoms with van der Waals surface area (Å²) in [6.07, 6.45) is -0.438. The second-order valence-corrected chi connectivity index (χ2v) is 3.18. The molecule has 2 atom stereocenters. The zero-order valence-corrected chi connectivity index (χ0v) is 7.88. The van der Waals surface area contributed by atoms with Crippen LogP contribution in [0.4, 0.5) is 5.82 Å². The van der Waals surface area contributed by atoms with E-state index in [9.17, 15) is 9.90 Å². The molecule has 0 spiro atoms.